The van der Waals surface area contributed by atoms with Gasteiger partial charge in [-0.05, 0) is 76.0 Å². The molecule has 0 bridgehead atoms. The summed E-state index contributed by atoms with van der Waals surface area (Å²) in [6, 6.07) is -0.463. The fourth-order valence-corrected chi connectivity index (χ4v) is 7.07. The number of hydrogen-bond donors (Lipinski definition) is 3. The third kappa shape index (κ3) is 4.94. The van der Waals surface area contributed by atoms with Gasteiger partial charge in [-0.3, -0.25) is 28.9 Å². The van der Waals surface area contributed by atoms with Crippen molar-refractivity contribution in [1.82, 2.24) is 9.80 Å². The van der Waals surface area contributed by atoms with Gasteiger partial charge in [0.2, 0.25) is 5.91 Å². The molecule has 6 atom stereocenters. The van der Waals surface area contributed by atoms with Gasteiger partial charge in [0.05, 0.1) is 23.1 Å². The van der Waals surface area contributed by atoms with Crippen LogP contribution in [0.25, 0.3) is 0 Å². The summed E-state index contributed by atoms with van der Waals surface area (Å²) in [5.41, 5.74) is -0.0894. The second kappa shape index (κ2) is 10.8. The first-order valence-electron chi connectivity index (χ1n) is 13.8. The van der Waals surface area contributed by atoms with Crippen molar-refractivity contribution in [1.29, 1.82) is 0 Å². The highest BCUT2D eigenvalue weighted by Crippen LogP contribution is 2.52. The second-order valence-corrected chi connectivity index (χ2v) is 12.5. The minimum atomic E-state index is -4.91. The molecule has 0 aliphatic heterocycles. The first-order chi connectivity index (χ1) is 19.3. The fourth-order valence-electron chi connectivity index (χ4n) is 7.07. The number of alkyl halides is 3. The summed E-state index contributed by atoms with van der Waals surface area (Å²) in [6.07, 6.45) is -4.97. The SMILES string of the molecule is CC(C)CCN(C)Cc1cc(O)c2c(c1C(F)(F)F)C[C@H]1C[C@H]3[C@H](N(C)C)C(=O)C(C(N)=O)C(=O)[C@@]3(O)C(=O)C1C2=O. The number of aromatic hydroxyl groups is 1. The number of rotatable bonds is 7. The Morgan fingerprint density at radius 3 is 2.29 bits per heavy atom. The summed E-state index contributed by atoms with van der Waals surface area (Å²) in [5.74, 6) is -13.0. The second-order valence-electron chi connectivity index (χ2n) is 12.5. The monoisotopic (exact) mass is 595 g/mol. The topological polar surface area (TPSA) is 158 Å². The van der Waals surface area contributed by atoms with Crippen molar-refractivity contribution in [3.05, 3.63) is 28.3 Å². The number of amides is 1. The van der Waals surface area contributed by atoms with Crippen LogP contribution in [0.15, 0.2) is 6.07 Å². The number of nitrogens with two attached hydrogens (primary N) is 1. The minimum Gasteiger partial charge on any atom is -0.507 e. The Balaban J connectivity index is 1.85. The van der Waals surface area contributed by atoms with Gasteiger partial charge >= 0.3 is 6.18 Å². The van der Waals surface area contributed by atoms with Gasteiger partial charge in [0.25, 0.3) is 0 Å². The van der Waals surface area contributed by atoms with Gasteiger partial charge in [-0.25, -0.2) is 0 Å². The summed E-state index contributed by atoms with van der Waals surface area (Å²) >= 11 is 0. The maximum Gasteiger partial charge on any atom is 0.417 e. The van der Waals surface area contributed by atoms with Crippen molar-refractivity contribution in [2.75, 3.05) is 27.7 Å². The number of phenols is 1. The Labute approximate surface area is 241 Å². The molecule has 0 heterocycles. The van der Waals surface area contributed by atoms with E-state index < -0.39 is 99.4 Å². The van der Waals surface area contributed by atoms with Gasteiger partial charge in [0, 0.05) is 12.5 Å². The maximum atomic E-state index is 14.6. The number of aliphatic hydroxyl groups is 1. The number of benzene rings is 1. The highest BCUT2D eigenvalue weighted by atomic mass is 19.4. The molecule has 3 aliphatic rings. The molecule has 4 rings (SSSR count). The Hall–Kier alpha value is -3.16. The minimum absolute atomic E-state index is 0.161. The molecule has 1 aromatic rings. The van der Waals surface area contributed by atoms with Crippen LogP contribution in [-0.2, 0) is 38.3 Å². The van der Waals surface area contributed by atoms with E-state index >= 15 is 0 Å². The molecular weight excluding hydrogens is 559 g/mol. The molecule has 1 amide bonds. The number of likely N-dealkylation sites (N-methyl/N-ethyl adjacent to an activating group) is 1. The summed E-state index contributed by atoms with van der Waals surface area (Å²) in [4.78, 5) is 69.1. The van der Waals surface area contributed by atoms with Crippen LogP contribution >= 0.6 is 0 Å². The van der Waals surface area contributed by atoms with Crippen molar-refractivity contribution in [3.63, 3.8) is 0 Å². The van der Waals surface area contributed by atoms with E-state index in [-0.39, 0.29) is 18.5 Å². The molecule has 2 saturated carbocycles. The number of primary amides is 1. The molecule has 13 heteroatoms. The predicted molar refractivity (Wildman–Crippen MR) is 142 cm³/mol. The molecule has 2 fully saturated rings. The number of phenolic OH excluding ortho intramolecular Hbond substituents is 1. The summed E-state index contributed by atoms with van der Waals surface area (Å²) < 4.78 is 43.9. The van der Waals surface area contributed by atoms with E-state index in [0.29, 0.717) is 12.5 Å². The molecule has 1 aromatic carbocycles. The number of carbonyl (C=O) groups excluding carboxylic acids is 5. The zero-order valence-corrected chi connectivity index (χ0v) is 24.1. The van der Waals surface area contributed by atoms with E-state index in [0.717, 1.165) is 12.5 Å². The van der Waals surface area contributed by atoms with Crippen LogP contribution in [0.2, 0.25) is 0 Å². The molecule has 42 heavy (non-hydrogen) atoms. The van der Waals surface area contributed by atoms with E-state index in [1.807, 2.05) is 13.8 Å². The first-order valence-corrected chi connectivity index (χ1v) is 13.8. The van der Waals surface area contributed by atoms with Gasteiger partial charge in [0.15, 0.2) is 34.7 Å². The van der Waals surface area contributed by atoms with Crippen LogP contribution < -0.4 is 5.73 Å². The Morgan fingerprint density at radius 2 is 1.76 bits per heavy atom. The molecular formula is C29H36F3N3O7. The molecule has 2 unspecified atom stereocenters. The van der Waals surface area contributed by atoms with E-state index in [4.69, 9.17) is 5.73 Å². The third-order valence-electron chi connectivity index (χ3n) is 8.96. The lowest BCUT2D eigenvalue weighted by Gasteiger charge is -2.52. The summed E-state index contributed by atoms with van der Waals surface area (Å²) in [5, 5.41) is 22.4. The van der Waals surface area contributed by atoms with Crippen LogP contribution in [0.1, 0.15) is 53.7 Å². The van der Waals surface area contributed by atoms with Crippen LogP contribution in [0.5, 0.6) is 5.75 Å². The number of ketones is 4. The molecule has 230 valence electrons. The lowest BCUT2D eigenvalue weighted by atomic mass is 9.52. The Kier molecular flexibility index (Phi) is 8.20. The number of hydrogen-bond acceptors (Lipinski definition) is 9. The fraction of sp³-hybridized carbons (Fsp3) is 0.621. The molecule has 4 N–H and O–H groups in total. The van der Waals surface area contributed by atoms with Crippen molar-refractivity contribution in [2.45, 2.75) is 57.5 Å². The normalized spacial score (nSPS) is 29.7. The number of halogens is 3. The standard InChI is InChI=1S/C29H36F3N3O7/c1-12(2)6-7-35(5)11-14-10-17(36)19-15(21(14)29(30,31)32)8-13-9-16-22(34(3)4)24(38)20(27(33)41)26(40)28(16,42)25(39)18(13)23(19)37/h10,12-13,16,18,20,22,36,42H,6-9,11H2,1-5H3,(H2,33,41)/t13-,16-,18?,20?,22-,28-/m0/s1. The summed E-state index contributed by atoms with van der Waals surface area (Å²) in [6.45, 7) is 4.30. The van der Waals surface area contributed by atoms with E-state index in [2.05, 4.69) is 0 Å². The number of nitrogens with zero attached hydrogens (tertiary/aromatic N) is 2. The van der Waals surface area contributed by atoms with Crippen LogP contribution in [-0.4, -0.2) is 88.4 Å². The van der Waals surface area contributed by atoms with Gasteiger partial charge in [-0.2, -0.15) is 13.2 Å². The molecule has 0 saturated heterocycles. The zero-order valence-electron chi connectivity index (χ0n) is 24.1. The van der Waals surface area contributed by atoms with E-state index in [9.17, 15) is 47.4 Å². The van der Waals surface area contributed by atoms with Gasteiger partial charge < -0.3 is 20.8 Å². The molecule has 10 nitrogen and oxygen atoms in total. The molecule has 3 aliphatic carbocycles. The lowest BCUT2D eigenvalue weighted by Crippen LogP contribution is -2.74. The number of carbonyl (C=O) groups is 5. The van der Waals surface area contributed by atoms with Gasteiger partial charge in [-0.1, -0.05) is 13.8 Å². The smallest absolute Gasteiger partial charge is 0.417 e. The van der Waals surface area contributed by atoms with Gasteiger partial charge in [-0.15, -0.1) is 0 Å². The quantitative estimate of drug-likeness (QED) is 0.396. The van der Waals surface area contributed by atoms with Crippen molar-refractivity contribution in [3.8, 4) is 5.75 Å². The van der Waals surface area contributed by atoms with Crippen molar-refractivity contribution >= 4 is 29.0 Å². The van der Waals surface area contributed by atoms with E-state index in [1.165, 1.54) is 19.0 Å². The van der Waals surface area contributed by atoms with Gasteiger partial charge in [0.1, 0.15) is 5.75 Å². The zero-order chi connectivity index (χ0) is 31.6. The lowest BCUT2D eigenvalue weighted by molar-refractivity contribution is -0.181. The Bertz CT molecular complexity index is 1360. The summed E-state index contributed by atoms with van der Waals surface area (Å²) in [7, 11) is 4.51. The average molecular weight is 596 g/mol. The van der Waals surface area contributed by atoms with Crippen LogP contribution in [0.3, 0.4) is 0 Å². The third-order valence-corrected chi connectivity index (χ3v) is 8.96. The molecule has 0 radical (unpaired) electrons. The average Bonchev–Trinajstić information content (AvgIpc) is 2.83. The largest absolute Gasteiger partial charge is 0.507 e. The first kappa shape index (κ1) is 31.8. The van der Waals surface area contributed by atoms with E-state index in [1.54, 1.807) is 11.9 Å². The highest BCUT2D eigenvalue weighted by molar-refractivity contribution is 6.32. The Morgan fingerprint density at radius 1 is 1.14 bits per heavy atom. The van der Waals surface area contributed by atoms with Crippen LogP contribution in [0.4, 0.5) is 13.2 Å². The van der Waals surface area contributed by atoms with Crippen molar-refractivity contribution in [2.24, 2.45) is 35.3 Å². The van der Waals surface area contributed by atoms with Crippen LogP contribution in [0, 0.1) is 29.6 Å². The number of Topliss-reactive ketones (excluding diaryl/α,β-unsaturated/α-hetero) is 4. The highest BCUT2D eigenvalue weighted by Gasteiger charge is 2.69. The molecule has 0 spiro atoms. The molecule has 0 aromatic heterocycles. The predicted octanol–water partition coefficient (Wildman–Crippen LogP) is 1.36. The maximum absolute atomic E-state index is 14.6. The number of fused-ring (bicyclic) bond motifs is 3. The van der Waals surface area contributed by atoms with Crippen molar-refractivity contribution < 1.29 is 47.4 Å².